The quantitative estimate of drug-likeness (QED) is 0.580. The Labute approximate surface area is 164 Å². The molecule has 1 aromatic heterocycles. The lowest BCUT2D eigenvalue weighted by molar-refractivity contribution is -0.138. The first-order valence-electron chi connectivity index (χ1n) is 8.80. The van der Waals surface area contributed by atoms with E-state index >= 15 is 0 Å². The molecule has 2 aromatic carbocycles. The maximum Gasteiger partial charge on any atom is 0.416 e. The Bertz CT molecular complexity index is 994. The highest BCUT2D eigenvalue weighted by molar-refractivity contribution is 5.67. The molecule has 5 nitrogen and oxygen atoms in total. The average molecular weight is 405 g/mol. The van der Waals surface area contributed by atoms with Gasteiger partial charge in [-0.3, -0.25) is 4.79 Å². The molecule has 0 fully saturated rings. The van der Waals surface area contributed by atoms with Crippen LogP contribution in [0.4, 0.5) is 13.2 Å². The van der Waals surface area contributed by atoms with Crippen LogP contribution in [-0.2, 0) is 24.0 Å². The van der Waals surface area contributed by atoms with Crippen LogP contribution in [0.5, 0.6) is 5.75 Å². The molecule has 0 aliphatic rings. The summed E-state index contributed by atoms with van der Waals surface area (Å²) >= 11 is 0. The number of carboxylic acids is 1. The van der Waals surface area contributed by atoms with Crippen molar-refractivity contribution in [2.24, 2.45) is 0 Å². The molecule has 29 heavy (non-hydrogen) atoms. The van der Waals surface area contributed by atoms with Gasteiger partial charge in [-0.15, -0.1) is 0 Å². The molecule has 3 rings (SSSR count). The SMILES string of the molecule is Cc1nc(-c2ccc(C(F)(F)F)cc2)oc1COc1cccc(CCC(=O)O)c1. The van der Waals surface area contributed by atoms with Crippen molar-refractivity contribution in [3.63, 3.8) is 0 Å². The number of carboxylic acid groups (broad SMARTS) is 1. The molecule has 1 heterocycles. The number of hydrogen-bond acceptors (Lipinski definition) is 4. The van der Waals surface area contributed by atoms with Crippen LogP contribution in [0.3, 0.4) is 0 Å². The van der Waals surface area contributed by atoms with Gasteiger partial charge in [-0.1, -0.05) is 12.1 Å². The third-order valence-electron chi connectivity index (χ3n) is 4.25. The molecule has 0 aliphatic heterocycles. The molecule has 0 unspecified atom stereocenters. The van der Waals surface area contributed by atoms with Gasteiger partial charge in [0.15, 0.2) is 5.76 Å². The summed E-state index contributed by atoms with van der Waals surface area (Å²) < 4.78 is 49.4. The number of alkyl halides is 3. The van der Waals surface area contributed by atoms with Crippen LogP contribution in [0.2, 0.25) is 0 Å². The number of carbonyl (C=O) groups is 1. The largest absolute Gasteiger partial charge is 0.486 e. The first-order chi connectivity index (χ1) is 13.7. The fraction of sp³-hybridized carbons (Fsp3) is 0.238. The number of halogens is 3. The normalized spacial score (nSPS) is 11.4. The number of aryl methyl sites for hydroxylation is 2. The molecule has 152 valence electrons. The molecule has 8 heteroatoms. The van der Waals surface area contributed by atoms with Crippen molar-refractivity contribution in [1.82, 2.24) is 4.98 Å². The average Bonchev–Trinajstić information content (AvgIpc) is 3.05. The van der Waals surface area contributed by atoms with E-state index in [1.165, 1.54) is 12.1 Å². The zero-order valence-electron chi connectivity index (χ0n) is 15.5. The topological polar surface area (TPSA) is 72.6 Å². The minimum absolute atomic E-state index is 0.0289. The lowest BCUT2D eigenvalue weighted by Gasteiger charge is -2.07. The Balaban J connectivity index is 1.68. The molecule has 0 amide bonds. The Kier molecular flexibility index (Phi) is 5.91. The molecule has 3 aromatic rings. The summed E-state index contributed by atoms with van der Waals surface area (Å²) in [4.78, 5) is 14.9. The minimum Gasteiger partial charge on any atom is -0.486 e. The number of aliphatic carboxylic acids is 1. The molecular formula is C21H18F3NO4. The van der Waals surface area contributed by atoms with Gasteiger partial charge in [0.1, 0.15) is 12.4 Å². The zero-order valence-corrected chi connectivity index (χ0v) is 15.5. The third kappa shape index (κ3) is 5.37. The van der Waals surface area contributed by atoms with E-state index in [-0.39, 0.29) is 18.9 Å². The van der Waals surface area contributed by atoms with Crippen LogP contribution >= 0.6 is 0 Å². The van der Waals surface area contributed by atoms with Gasteiger partial charge in [0, 0.05) is 12.0 Å². The van der Waals surface area contributed by atoms with Crippen LogP contribution in [0, 0.1) is 6.92 Å². The van der Waals surface area contributed by atoms with E-state index in [4.69, 9.17) is 14.3 Å². The molecule has 0 spiro atoms. The Hall–Kier alpha value is -3.29. The van der Waals surface area contributed by atoms with E-state index in [1.54, 1.807) is 25.1 Å². The van der Waals surface area contributed by atoms with Crippen molar-refractivity contribution in [1.29, 1.82) is 0 Å². The monoisotopic (exact) mass is 405 g/mol. The van der Waals surface area contributed by atoms with Gasteiger partial charge in [-0.05, 0) is 55.3 Å². The highest BCUT2D eigenvalue weighted by atomic mass is 19.4. The van der Waals surface area contributed by atoms with Crippen LogP contribution in [0.15, 0.2) is 52.9 Å². The predicted octanol–water partition coefficient (Wildman–Crippen LogP) is 5.27. The molecule has 0 bridgehead atoms. The number of ether oxygens (including phenoxy) is 1. The highest BCUT2D eigenvalue weighted by Gasteiger charge is 2.30. The summed E-state index contributed by atoms with van der Waals surface area (Å²) in [5, 5.41) is 8.77. The van der Waals surface area contributed by atoms with E-state index < -0.39 is 17.7 Å². The fourth-order valence-electron chi connectivity index (χ4n) is 2.68. The molecule has 1 N–H and O–H groups in total. The maximum absolute atomic E-state index is 12.7. The highest BCUT2D eigenvalue weighted by Crippen LogP contribution is 2.31. The fourth-order valence-corrected chi connectivity index (χ4v) is 2.68. The second-order valence-electron chi connectivity index (χ2n) is 6.43. The van der Waals surface area contributed by atoms with Crippen LogP contribution < -0.4 is 4.74 Å². The maximum atomic E-state index is 12.7. The Morgan fingerprint density at radius 1 is 1.17 bits per heavy atom. The van der Waals surface area contributed by atoms with Gasteiger partial charge >= 0.3 is 12.1 Å². The van der Waals surface area contributed by atoms with E-state index in [0.717, 1.165) is 17.7 Å². The second kappa shape index (κ2) is 8.38. The number of aromatic nitrogens is 1. The zero-order chi connectivity index (χ0) is 21.0. The van der Waals surface area contributed by atoms with Crippen LogP contribution in [0.1, 0.15) is 29.0 Å². The van der Waals surface area contributed by atoms with Crippen molar-refractivity contribution in [3.05, 3.63) is 71.1 Å². The molecule has 0 atom stereocenters. The van der Waals surface area contributed by atoms with Crippen LogP contribution in [-0.4, -0.2) is 16.1 Å². The summed E-state index contributed by atoms with van der Waals surface area (Å²) in [5.41, 5.74) is 1.10. The molecule has 0 saturated heterocycles. The number of rotatable bonds is 7. The Morgan fingerprint density at radius 3 is 2.55 bits per heavy atom. The first-order valence-corrected chi connectivity index (χ1v) is 8.80. The predicted molar refractivity (Wildman–Crippen MR) is 98.4 cm³/mol. The van der Waals surface area contributed by atoms with E-state index in [0.29, 0.717) is 29.2 Å². The van der Waals surface area contributed by atoms with E-state index in [1.807, 2.05) is 6.07 Å². The lowest BCUT2D eigenvalue weighted by atomic mass is 10.1. The summed E-state index contributed by atoms with van der Waals surface area (Å²) in [7, 11) is 0. The smallest absolute Gasteiger partial charge is 0.416 e. The molecular weight excluding hydrogens is 387 g/mol. The third-order valence-corrected chi connectivity index (χ3v) is 4.25. The number of hydrogen-bond donors (Lipinski definition) is 1. The van der Waals surface area contributed by atoms with Crippen molar-refractivity contribution >= 4 is 5.97 Å². The van der Waals surface area contributed by atoms with Gasteiger partial charge in [0.05, 0.1) is 11.3 Å². The van der Waals surface area contributed by atoms with Crippen molar-refractivity contribution in [2.45, 2.75) is 32.5 Å². The molecule has 0 saturated carbocycles. The van der Waals surface area contributed by atoms with Gasteiger partial charge < -0.3 is 14.3 Å². The molecule has 0 aliphatic carbocycles. The van der Waals surface area contributed by atoms with Gasteiger partial charge in [-0.2, -0.15) is 13.2 Å². The van der Waals surface area contributed by atoms with Crippen molar-refractivity contribution in [3.8, 4) is 17.2 Å². The van der Waals surface area contributed by atoms with Crippen molar-refractivity contribution < 1.29 is 32.2 Å². The number of oxazole rings is 1. The molecule has 0 radical (unpaired) electrons. The summed E-state index contributed by atoms with van der Waals surface area (Å²) in [6.07, 6.45) is -3.98. The summed E-state index contributed by atoms with van der Waals surface area (Å²) in [6.45, 7) is 1.81. The minimum atomic E-state index is -4.40. The number of benzene rings is 2. The lowest BCUT2D eigenvalue weighted by Crippen LogP contribution is -2.03. The standard InChI is InChI=1S/C21H18F3NO4/c1-13-18(12-28-17-4-2-3-14(11-17)5-10-19(26)27)29-20(25-13)15-6-8-16(9-7-15)21(22,23)24/h2-4,6-9,11H,5,10,12H2,1H3,(H,26,27). The van der Waals surface area contributed by atoms with Gasteiger partial charge in [-0.25, -0.2) is 4.98 Å². The number of nitrogens with zero attached hydrogens (tertiary/aromatic N) is 1. The van der Waals surface area contributed by atoms with Gasteiger partial charge in [0.25, 0.3) is 0 Å². The van der Waals surface area contributed by atoms with Crippen molar-refractivity contribution in [2.75, 3.05) is 0 Å². The van der Waals surface area contributed by atoms with Crippen LogP contribution in [0.25, 0.3) is 11.5 Å². The Morgan fingerprint density at radius 2 is 1.90 bits per heavy atom. The van der Waals surface area contributed by atoms with Gasteiger partial charge in [0.2, 0.25) is 5.89 Å². The van der Waals surface area contributed by atoms with E-state index in [9.17, 15) is 18.0 Å². The second-order valence-corrected chi connectivity index (χ2v) is 6.43. The van der Waals surface area contributed by atoms with E-state index in [2.05, 4.69) is 4.98 Å². The first kappa shape index (κ1) is 20.4. The summed E-state index contributed by atoms with van der Waals surface area (Å²) in [5.74, 6) is 0.352. The summed E-state index contributed by atoms with van der Waals surface area (Å²) in [6, 6.07) is 11.7.